The molecule has 2 aliphatic rings. The Labute approximate surface area is 128 Å². The van der Waals surface area contributed by atoms with Crippen LogP contribution in [0.25, 0.3) is 0 Å². The molecule has 0 spiro atoms. The number of aromatic nitrogens is 2. The fourth-order valence-corrected chi connectivity index (χ4v) is 3.83. The van der Waals surface area contributed by atoms with Crippen LogP contribution in [0.2, 0.25) is 0 Å². The Morgan fingerprint density at radius 1 is 1.35 bits per heavy atom. The van der Waals surface area contributed by atoms with Crippen molar-refractivity contribution in [2.45, 2.75) is 50.2 Å². The van der Waals surface area contributed by atoms with Gasteiger partial charge in [-0.1, -0.05) is 6.42 Å². The third kappa shape index (κ3) is 2.76. The Morgan fingerprint density at radius 2 is 2.05 bits per heavy atom. The third-order valence-corrected chi connectivity index (χ3v) is 5.12. The zero-order valence-corrected chi connectivity index (χ0v) is 13.6. The van der Waals surface area contributed by atoms with Crippen LogP contribution >= 0.6 is 15.9 Å². The van der Waals surface area contributed by atoms with Crippen molar-refractivity contribution >= 4 is 21.9 Å². The van der Waals surface area contributed by atoms with Crippen molar-refractivity contribution in [1.82, 2.24) is 14.9 Å². The van der Waals surface area contributed by atoms with Crippen LogP contribution in [0, 0.1) is 0 Å². The number of ether oxygens (including phenoxy) is 1. The topological polar surface area (TPSA) is 50.3 Å². The van der Waals surface area contributed by atoms with Gasteiger partial charge >= 0.3 is 0 Å². The van der Waals surface area contributed by atoms with Gasteiger partial charge in [-0.15, -0.1) is 0 Å². The molecule has 0 radical (unpaired) electrons. The second-order valence-electron chi connectivity index (χ2n) is 5.77. The Morgan fingerprint density at radius 3 is 2.70 bits per heavy atom. The van der Waals surface area contributed by atoms with Crippen molar-refractivity contribution in [2.24, 2.45) is 0 Å². The standard InChI is InChI=1S/C14H21BrN4O/c1-19-10-4-3-5-11(19)7-9(6-10)17-14-16-8-12(15)13(18-14)20-2/h8-11H,3-7H2,1-2H3,(H,16,17,18). The Hall–Kier alpha value is -0.880. The first-order valence-electron chi connectivity index (χ1n) is 7.22. The van der Waals surface area contributed by atoms with Crippen LogP contribution in [0.4, 0.5) is 5.95 Å². The molecular weight excluding hydrogens is 320 g/mol. The van der Waals surface area contributed by atoms with E-state index in [1.165, 1.54) is 32.1 Å². The van der Waals surface area contributed by atoms with Gasteiger partial charge in [0.15, 0.2) is 0 Å². The summed E-state index contributed by atoms with van der Waals surface area (Å²) in [6.45, 7) is 0. The minimum Gasteiger partial charge on any atom is -0.480 e. The summed E-state index contributed by atoms with van der Waals surface area (Å²) in [7, 11) is 3.89. The van der Waals surface area contributed by atoms with Crippen LogP contribution in [-0.2, 0) is 0 Å². The molecule has 110 valence electrons. The Kier molecular flexibility index (Phi) is 4.12. The highest BCUT2D eigenvalue weighted by molar-refractivity contribution is 9.10. The normalized spacial score (nSPS) is 30.1. The number of fused-ring (bicyclic) bond motifs is 2. The van der Waals surface area contributed by atoms with E-state index in [4.69, 9.17) is 4.74 Å². The van der Waals surface area contributed by atoms with Gasteiger partial charge in [0.25, 0.3) is 0 Å². The summed E-state index contributed by atoms with van der Waals surface area (Å²) in [6, 6.07) is 1.88. The third-order valence-electron chi connectivity index (χ3n) is 4.58. The summed E-state index contributed by atoms with van der Waals surface area (Å²) < 4.78 is 6.00. The molecule has 2 saturated heterocycles. The SMILES string of the molecule is COc1nc(NC2CC3CCCC(C2)N3C)ncc1Br. The number of piperidine rings is 2. The van der Waals surface area contributed by atoms with Gasteiger partial charge in [0.1, 0.15) is 0 Å². The number of halogens is 1. The van der Waals surface area contributed by atoms with Crippen molar-refractivity contribution < 1.29 is 4.74 Å². The molecule has 2 unspecified atom stereocenters. The van der Waals surface area contributed by atoms with Crippen LogP contribution < -0.4 is 10.1 Å². The van der Waals surface area contributed by atoms with Crippen molar-refractivity contribution in [3.05, 3.63) is 10.7 Å². The maximum absolute atomic E-state index is 5.22. The van der Waals surface area contributed by atoms with Gasteiger partial charge in [0.2, 0.25) is 11.8 Å². The Balaban J connectivity index is 1.69. The van der Waals surface area contributed by atoms with Gasteiger partial charge < -0.3 is 15.0 Å². The van der Waals surface area contributed by atoms with Crippen LogP contribution in [0.3, 0.4) is 0 Å². The lowest BCUT2D eigenvalue weighted by Gasteiger charge is -2.47. The largest absolute Gasteiger partial charge is 0.480 e. The quantitative estimate of drug-likeness (QED) is 0.916. The van der Waals surface area contributed by atoms with Crippen molar-refractivity contribution in [3.8, 4) is 5.88 Å². The number of hydrogen-bond acceptors (Lipinski definition) is 5. The van der Waals surface area contributed by atoms with E-state index < -0.39 is 0 Å². The molecule has 0 saturated carbocycles. The maximum Gasteiger partial charge on any atom is 0.232 e. The van der Waals surface area contributed by atoms with E-state index in [-0.39, 0.29) is 0 Å². The fraction of sp³-hybridized carbons (Fsp3) is 0.714. The van der Waals surface area contributed by atoms with Gasteiger partial charge in [-0.2, -0.15) is 4.98 Å². The number of rotatable bonds is 3. The minimum absolute atomic E-state index is 0.465. The first-order chi connectivity index (χ1) is 9.67. The fourth-order valence-electron chi connectivity index (χ4n) is 3.48. The zero-order valence-electron chi connectivity index (χ0n) is 12.0. The molecule has 6 heteroatoms. The van der Waals surface area contributed by atoms with E-state index in [9.17, 15) is 0 Å². The average Bonchev–Trinajstić information content (AvgIpc) is 2.42. The number of hydrogen-bond donors (Lipinski definition) is 1. The van der Waals surface area contributed by atoms with Crippen molar-refractivity contribution in [1.29, 1.82) is 0 Å². The molecule has 1 aromatic rings. The van der Waals surface area contributed by atoms with E-state index in [1.807, 2.05) is 0 Å². The number of anilines is 1. The summed E-state index contributed by atoms with van der Waals surface area (Å²) in [5.41, 5.74) is 0. The van der Waals surface area contributed by atoms with Gasteiger partial charge in [-0.25, -0.2) is 4.98 Å². The molecular formula is C14H21BrN4O. The van der Waals surface area contributed by atoms with E-state index in [0.29, 0.717) is 30.0 Å². The molecule has 2 atom stereocenters. The lowest BCUT2D eigenvalue weighted by Crippen LogP contribution is -2.52. The lowest BCUT2D eigenvalue weighted by molar-refractivity contribution is 0.0607. The minimum atomic E-state index is 0.465. The van der Waals surface area contributed by atoms with Gasteiger partial charge in [-0.3, -0.25) is 0 Å². The molecule has 1 N–H and O–H groups in total. The van der Waals surface area contributed by atoms with Crippen LogP contribution in [-0.4, -0.2) is 47.2 Å². The van der Waals surface area contributed by atoms with Crippen molar-refractivity contribution in [2.75, 3.05) is 19.5 Å². The first kappa shape index (κ1) is 14.1. The predicted molar refractivity (Wildman–Crippen MR) is 82.1 cm³/mol. The van der Waals surface area contributed by atoms with E-state index in [2.05, 4.69) is 43.2 Å². The molecule has 3 heterocycles. The van der Waals surface area contributed by atoms with E-state index >= 15 is 0 Å². The second kappa shape index (κ2) is 5.85. The number of methoxy groups -OCH3 is 1. The molecule has 2 aliphatic heterocycles. The molecule has 0 aliphatic carbocycles. The average molecular weight is 341 g/mol. The Bertz CT molecular complexity index is 470. The van der Waals surface area contributed by atoms with Crippen LogP contribution in [0.1, 0.15) is 32.1 Å². The molecule has 2 fully saturated rings. The molecule has 3 rings (SSSR count). The smallest absolute Gasteiger partial charge is 0.232 e. The van der Waals surface area contributed by atoms with Crippen molar-refractivity contribution in [3.63, 3.8) is 0 Å². The van der Waals surface area contributed by atoms with Gasteiger partial charge in [-0.05, 0) is 48.7 Å². The molecule has 0 amide bonds. The number of nitrogens with zero attached hydrogens (tertiary/aromatic N) is 3. The summed E-state index contributed by atoms with van der Waals surface area (Å²) in [4.78, 5) is 11.3. The molecule has 0 aromatic carbocycles. The van der Waals surface area contributed by atoms with Crippen LogP contribution in [0.5, 0.6) is 5.88 Å². The van der Waals surface area contributed by atoms with Gasteiger partial charge in [0, 0.05) is 18.1 Å². The highest BCUT2D eigenvalue weighted by Gasteiger charge is 2.36. The second-order valence-corrected chi connectivity index (χ2v) is 6.62. The van der Waals surface area contributed by atoms with E-state index in [0.717, 1.165) is 4.47 Å². The molecule has 2 bridgehead atoms. The summed E-state index contributed by atoms with van der Waals surface area (Å²) >= 11 is 3.38. The zero-order chi connectivity index (χ0) is 14.1. The summed E-state index contributed by atoms with van der Waals surface area (Å²) in [6.07, 6.45) is 8.09. The lowest BCUT2D eigenvalue weighted by atomic mass is 9.82. The summed E-state index contributed by atoms with van der Waals surface area (Å²) in [5.74, 6) is 1.24. The van der Waals surface area contributed by atoms with Crippen LogP contribution in [0.15, 0.2) is 10.7 Å². The molecule has 20 heavy (non-hydrogen) atoms. The monoisotopic (exact) mass is 340 g/mol. The molecule has 1 aromatic heterocycles. The summed E-state index contributed by atoms with van der Waals surface area (Å²) in [5, 5.41) is 3.48. The highest BCUT2D eigenvalue weighted by Crippen LogP contribution is 2.33. The number of nitrogens with one attached hydrogen (secondary N) is 1. The molecule has 5 nitrogen and oxygen atoms in total. The first-order valence-corrected chi connectivity index (χ1v) is 8.01. The van der Waals surface area contributed by atoms with Gasteiger partial charge in [0.05, 0.1) is 17.8 Å². The predicted octanol–water partition coefficient (Wildman–Crippen LogP) is 2.67. The maximum atomic E-state index is 5.22. The van der Waals surface area contributed by atoms with E-state index in [1.54, 1.807) is 13.3 Å². The highest BCUT2D eigenvalue weighted by atomic mass is 79.9.